The van der Waals surface area contributed by atoms with E-state index in [1.165, 1.54) is 9.80 Å². The zero-order valence-electron chi connectivity index (χ0n) is 16.6. The third-order valence-electron chi connectivity index (χ3n) is 6.01. The molecule has 0 bridgehead atoms. The molecule has 2 aromatic heterocycles. The highest BCUT2D eigenvalue weighted by Crippen LogP contribution is 2.53. The molecule has 31 heavy (non-hydrogen) atoms. The van der Waals surface area contributed by atoms with E-state index in [0.29, 0.717) is 22.4 Å². The van der Waals surface area contributed by atoms with Crippen LogP contribution in [0.3, 0.4) is 0 Å². The highest BCUT2D eigenvalue weighted by atomic mass is 16.5. The molecule has 2 aliphatic rings. The molecule has 0 saturated carbocycles. The Morgan fingerprint density at radius 2 is 1.74 bits per heavy atom. The van der Waals surface area contributed by atoms with Crippen molar-refractivity contribution < 1.29 is 18.5 Å². The van der Waals surface area contributed by atoms with Gasteiger partial charge in [-0.25, -0.2) is 0 Å². The molecule has 0 radical (unpaired) electrons. The summed E-state index contributed by atoms with van der Waals surface area (Å²) in [6.45, 7) is 1.69. The lowest BCUT2D eigenvalue weighted by Gasteiger charge is -2.31. The van der Waals surface area contributed by atoms with Crippen LogP contribution in [0.2, 0.25) is 0 Å². The van der Waals surface area contributed by atoms with Gasteiger partial charge < -0.3 is 13.8 Å². The standard InChI is InChI=1S/C23H15N3O5/c1-12-11-17(24-31-12)26-21(28)20-18(19(27)13-7-3-6-10-16(13)30-20)23(26)14-8-4-5-9-15(14)25(2)22(23)29/h3-11H,1-2H3. The maximum Gasteiger partial charge on any atom is 0.297 e. The van der Waals surface area contributed by atoms with Crippen molar-refractivity contribution in [3.05, 3.63) is 87.5 Å². The number of hydrogen-bond donors (Lipinski definition) is 0. The molecular formula is C23H15N3O5. The Morgan fingerprint density at radius 1 is 1.00 bits per heavy atom. The van der Waals surface area contributed by atoms with Crippen LogP contribution in [-0.2, 0) is 10.3 Å². The van der Waals surface area contributed by atoms with Crippen LogP contribution in [0, 0.1) is 6.92 Å². The molecule has 2 aromatic carbocycles. The van der Waals surface area contributed by atoms with E-state index < -0.39 is 22.8 Å². The number of carbonyl (C=O) groups excluding carboxylic acids is 2. The highest BCUT2D eigenvalue weighted by molar-refractivity contribution is 6.23. The van der Waals surface area contributed by atoms with Gasteiger partial charge in [-0.3, -0.25) is 19.3 Å². The topological polar surface area (TPSA) is 96.9 Å². The van der Waals surface area contributed by atoms with E-state index in [-0.39, 0.29) is 22.7 Å². The third-order valence-corrected chi connectivity index (χ3v) is 6.01. The minimum Gasteiger partial charge on any atom is -0.450 e. The summed E-state index contributed by atoms with van der Waals surface area (Å²) in [7, 11) is 1.62. The first-order valence-electron chi connectivity index (χ1n) is 9.68. The summed E-state index contributed by atoms with van der Waals surface area (Å²) in [5, 5.41) is 4.30. The molecule has 0 aliphatic carbocycles. The number of hydrogen-bond acceptors (Lipinski definition) is 6. The van der Waals surface area contributed by atoms with Crippen LogP contribution in [0.15, 0.2) is 68.3 Å². The van der Waals surface area contributed by atoms with Gasteiger partial charge in [-0.1, -0.05) is 35.5 Å². The Morgan fingerprint density at radius 3 is 2.52 bits per heavy atom. The lowest BCUT2D eigenvalue weighted by Crippen LogP contribution is -2.53. The lowest BCUT2D eigenvalue weighted by atomic mass is 9.84. The van der Waals surface area contributed by atoms with E-state index in [0.717, 1.165) is 0 Å². The zero-order valence-corrected chi connectivity index (χ0v) is 16.6. The first-order valence-corrected chi connectivity index (χ1v) is 9.68. The maximum absolute atomic E-state index is 13.9. The number of amides is 2. The van der Waals surface area contributed by atoms with Crippen molar-refractivity contribution >= 4 is 34.3 Å². The molecule has 0 fully saturated rings. The van der Waals surface area contributed by atoms with Crippen LogP contribution in [0.4, 0.5) is 11.5 Å². The minimum absolute atomic E-state index is 0.00125. The van der Waals surface area contributed by atoms with Crippen LogP contribution in [0.1, 0.15) is 27.4 Å². The predicted molar refractivity (Wildman–Crippen MR) is 111 cm³/mol. The highest BCUT2D eigenvalue weighted by Gasteiger charge is 2.65. The lowest BCUT2D eigenvalue weighted by molar-refractivity contribution is -0.121. The van der Waals surface area contributed by atoms with E-state index in [4.69, 9.17) is 8.94 Å². The van der Waals surface area contributed by atoms with Gasteiger partial charge in [-0.15, -0.1) is 0 Å². The van der Waals surface area contributed by atoms with Crippen molar-refractivity contribution in [3.8, 4) is 0 Å². The van der Waals surface area contributed by atoms with Crippen LogP contribution >= 0.6 is 0 Å². The average Bonchev–Trinajstić information content (AvgIpc) is 3.38. The molecule has 0 N–H and O–H groups in total. The predicted octanol–water partition coefficient (Wildman–Crippen LogP) is 2.97. The molecule has 0 saturated heterocycles. The molecule has 4 heterocycles. The number of para-hydroxylation sites is 2. The quantitative estimate of drug-likeness (QED) is 0.476. The van der Waals surface area contributed by atoms with Crippen molar-refractivity contribution in [3.63, 3.8) is 0 Å². The Hall–Kier alpha value is -4.20. The van der Waals surface area contributed by atoms with E-state index >= 15 is 0 Å². The first kappa shape index (κ1) is 17.6. The van der Waals surface area contributed by atoms with Gasteiger partial charge in [-0.05, 0) is 25.1 Å². The largest absolute Gasteiger partial charge is 0.450 e. The number of carbonyl (C=O) groups is 2. The van der Waals surface area contributed by atoms with Crippen molar-refractivity contribution in [2.45, 2.75) is 12.5 Å². The molecule has 1 unspecified atom stereocenters. The summed E-state index contributed by atoms with van der Waals surface area (Å²) >= 11 is 0. The van der Waals surface area contributed by atoms with Crippen LogP contribution < -0.4 is 15.2 Å². The van der Waals surface area contributed by atoms with Crippen molar-refractivity contribution in [1.29, 1.82) is 0 Å². The smallest absolute Gasteiger partial charge is 0.297 e. The van der Waals surface area contributed by atoms with Gasteiger partial charge in [0.1, 0.15) is 11.3 Å². The maximum atomic E-state index is 13.9. The molecule has 152 valence electrons. The zero-order chi connectivity index (χ0) is 21.5. The SMILES string of the molecule is Cc1cc(N2C(=O)c3oc4ccccc4c(=O)c3C23C(=O)N(C)c2ccccc23)no1. The number of aryl methyl sites for hydroxylation is 1. The fourth-order valence-electron chi connectivity index (χ4n) is 4.72. The van der Waals surface area contributed by atoms with Gasteiger partial charge in [0.2, 0.25) is 5.76 Å². The number of nitrogens with zero attached hydrogens (tertiary/aromatic N) is 3. The van der Waals surface area contributed by atoms with Crippen LogP contribution in [0.5, 0.6) is 0 Å². The van der Waals surface area contributed by atoms with E-state index in [1.807, 2.05) is 0 Å². The van der Waals surface area contributed by atoms with E-state index in [2.05, 4.69) is 5.16 Å². The average molecular weight is 413 g/mol. The molecule has 8 heteroatoms. The Labute approximate surface area is 175 Å². The second-order valence-electron chi connectivity index (χ2n) is 7.66. The summed E-state index contributed by atoms with van der Waals surface area (Å²) in [4.78, 5) is 43.9. The molecular weight excluding hydrogens is 398 g/mol. The van der Waals surface area contributed by atoms with Gasteiger partial charge in [0.05, 0.1) is 10.9 Å². The van der Waals surface area contributed by atoms with Crippen LogP contribution in [0.25, 0.3) is 11.0 Å². The van der Waals surface area contributed by atoms with E-state index in [1.54, 1.807) is 68.6 Å². The first-order chi connectivity index (χ1) is 15.0. The molecule has 8 nitrogen and oxygen atoms in total. The van der Waals surface area contributed by atoms with Crippen LogP contribution in [-0.4, -0.2) is 24.0 Å². The Balaban J connectivity index is 1.82. The van der Waals surface area contributed by atoms with Crippen molar-refractivity contribution in [1.82, 2.24) is 5.16 Å². The Bertz CT molecular complexity index is 1500. The van der Waals surface area contributed by atoms with Gasteiger partial charge in [0.15, 0.2) is 16.8 Å². The summed E-state index contributed by atoms with van der Waals surface area (Å²) in [5.74, 6) is -0.627. The third kappa shape index (κ3) is 1.94. The fourth-order valence-corrected chi connectivity index (χ4v) is 4.72. The monoisotopic (exact) mass is 413 g/mol. The second-order valence-corrected chi connectivity index (χ2v) is 7.66. The summed E-state index contributed by atoms with van der Waals surface area (Å²) in [6.07, 6.45) is 0. The molecule has 4 aromatic rings. The van der Waals surface area contributed by atoms with Gasteiger partial charge in [0, 0.05) is 24.4 Å². The second kappa shape index (κ2) is 5.69. The van der Waals surface area contributed by atoms with Gasteiger partial charge in [0.25, 0.3) is 11.8 Å². The van der Waals surface area contributed by atoms with Crippen molar-refractivity contribution in [2.75, 3.05) is 16.8 Å². The number of likely N-dealkylation sites (N-methyl/N-ethyl adjacent to an activating group) is 1. The number of anilines is 2. The molecule has 2 aliphatic heterocycles. The summed E-state index contributed by atoms with van der Waals surface area (Å²) in [5.41, 5.74) is -0.764. The molecule has 1 atom stereocenters. The number of rotatable bonds is 1. The van der Waals surface area contributed by atoms with Crippen molar-refractivity contribution in [2.24, 2.45) is 0 Å². The molecule has 1 spiro atoms. The number of fused-ring (bicyclic) bond motifs is 5. The summed E-state index contributed by atoms with van der Waals surface area (Å²) in [6, 6.07) is 15.3. The normalized spacial score (nSPS) is 19.5. The van der Waals surface area contributed by atoms with Gasteiger partial charge >= 0.3 is 0 Å². The van der Waals surface area contributed by atoms with Gasteiger partial charge in [-0.2, -0.15) is 0 Å². The fraction of sp³-hybridized carbons (Fsp3) is 0.130. The number of benzene rings is 2. The summed E-state index contributed by atoms with van der Waals surface area (Å²) < 4.78 is 11.1. The molecule has 6 rings (SSSR count). The van der Waals surface area contributed by atoms with E-state index in [9.17, 15) is 14.4 Å². The number of aromatic nitrogens is 1. The minimum atomic E-state index is -1.73. The molecule has 2 amide bonds. The Kier molecular flexibility index (Phi) is 3.24.